The molecule has 2 unspecified atom stereocenters. The van der Waals surface area contributed by atoms with Crippen LogP contribution >= 0.6 is 11.6 Å². The van der Waals surface area contributed by atoms with E-state index < -0.39 is 17.3 Å². The van der Waals surface area contributed by atoms with Gasteiger partial charge in [-0.15, -0.1) is 0 Å². The van der Waals surface area contributed by atoms with Crippen molar-refractivity contribution in [3.63, 3.8) is 0 Å². The van der Waals surface area contributed by atoms with Crippen molar-refractivity contribution in [1.82, 2.24) is 9.78 Å². The maximum Gasteiger partial charge on any atom is 0.416 e. The second kappa shape index (κ2) is 7.28. The molecule has 140 valence electrons. The van der Waals surface area contributed by atoms with Gasteiger partial charge in [-0.1, -0.05) is 17.7 Å². The summed E-state index contributed by atoms with van der Waals surface area (Å²) in [5.41, 5.74) is -1.18. The average Bonchev–Trinajstić information content (AvgIpc) is 3.06. The molecule has 0 saturated heterocycles. The molecule has 0 bridgehead atoms. The molecule has 1 aromatic carbocycles. The molecule has 26 heavy (non-hydrogen) atoms. The number of rotatable bonds is 4. The summed E-state index contributed by atoms with van der Waals surface area (Å²) in [6.07, 6.45) is -0.449. The molecule has 1 fully saturated rings. The zero-order valence-electron chi connectivity index (χ0n) is 13.9. The van der Waals surface area contributed by atoms with E-state index in [0.717, 1.165) is 36.1 Å². The topological polar surface area (TPSA) is 56.1 Å². The first kappa shape index (κ1) is 18.7. The molecule has 1 N–H and O–H groups in total. The molecule has 0 radical (unpaired) electrons. The Kier molecular flexibility index (Phi) is 5.24. The highest BCUT2D eigenvalue weighted by Crippen LogP contribution is 2.30. The van der Waals surface area contributed by atoms with E-state index in [1.54, 1.807) is 7.11 Å². The first-order valence-corrected chi connectivity index (χ1v) is 8.42. The monoisotopic (exact) mass is 387 g/mol. The number of nitrogens with one attached hydrogen (secondary N) is 1. The van der Waals surface area contributed by atoms with Gasteiger partial charge in [-0.2, -0.15) is 23.0 Å². The zero-order valence-corrected chi connectivity index (χ0v) is 14.6. The van der Waals surface area contributed by atoms with Gasteiger partial charge in [-0.25, -0.2) is 0 Å². The lowest BCUT2D eigenvalue weighted by atomic mass is 10.2. The summed E-state index contributed by atoms with van der Waals surface area (Å²) in [6.45, 7) is 0. The Bertz CT molecular complexity index is 854. The normalized spacial score (nSPS) is 20.3. The van der Waals surface area contributed by atoms with E-state index in [2.05, 4.69) is 10.4 Å². The van der Waals surface area contributed by atoms with Gasteiger partial charge in [0.15, 0.2) is 0 Å². The van der Waals surface area contributed by atoms with Gasteiger partial charge in [0, 0.05) is 13.2 Å². The molecule has 1 aliphatic carbocycles. The minimum absolute atomic E-state index is 0.00131. The fraction of sp³-hybridized carbons (Fsp3) is 0.412. The highest BCUT2D eigenvalue weighted by molar-refractivity contribution is 6.32. The van der Waals surface area contributed by atoms with Crippen LogP contribution in [0.15, 0.2) is 35.3 Å². The van der Waals surface area contributed by atoms with Gasteiger partial charge >= 0.3 is 6.18 Å². The maximum absolute atomic E-state index is 12.9. The summed E-state index contributed by atoms with van der Waals surface area (Å²) in [5, 5.41) is 7.02. The van der Waals surface area contributed by atoms with Crippen LogP contribution in [0.5, 0.6) is 0 Å². The zero-order chi connectivity index (χ0) is 18.9. The van der Waals surface area contributed by atoms with Gasteiger partial charge in [0.1, 0.15) is 5.02 Å². The van der Waals surface area contributed by atoms with Crippen LogP contribution in [-0.4, -0.2) is 29.0 Å². The summed E-state index contributed by atoms with van der Waals surface area (Å²) in [4.78, 5) is 12.5. The largest absolute Gasteiger partial charge is 0.416 e. The molecule has 1 saturated carbocycles. The van der Waals surface area contributed by atoms with Crippen molar-refractivity contribution in [2.24, 2.45) is 0 Å². The van der Waals surface area contributed by atoms with Crippen molar-refractivity contribution in [2.75, 3.05) is 12.4 Å². The number of anilines is 1. The Morgan fingerprint density at radius 2 is 2.12 bits per heavy atom. The molecule has 0 aliphatic heterocycles. The predicted molar refractivity (Wildman–Crippen MR) is 91.9 cm³/mol. The van der Waals surface area contributed by atoms with Crippen LogP contribution in [0.25, 0.3) is 5.69 Å². The number of alkyl halides is 3. The molecule has 1 aliphatic rings. The van der Waals surface area contributed by atoms with E-state index >= 15 is 0 Å². The highest BCUT2D eigenvalue weighted by atomic mass is 35.5. The van der Waals surface area contributed by atoms with Crippen molar-refractivity contribution < 1.29 is 17.9 Å². The Morgan fingerprint density at radius 3 is 2.77 bits per heavy atom. The summed E-state index contributed by atoms with van der Waals surface area (Å²) in [5.74, 6) is 0. The van der Waals surface area contributed by atoms with Gasteiger partial charge in [0.25, 0.3) is 5.56 Å². The quantitative estimate of drug-likeness (QED) is 0.865. The minimum Gasteiger partial charge on any atom is -0.381 e. The van der Waals surface area contributed by atoms with E-state index in [9.17, 15) is 18.0 Å². The number of hydrogen-bond donors (Lipinski definition) is 1. The summed E-state index contributed by atoms with van der Waals surface area (Å²) in [6, 6.07) is 4.47. The number of hydrogen-bond acceptors (Lipinski definition) is 4. The fourth-order valence-corrected chi connectivity index (χ4v) is 3.22. The van der Waals surface area contributed by atoms with Gasteiger partial charge < -0.3 is 10.1 Å². The second-order valence-corrected chi connectivity index (χ2v) is 6.53. The molecular formula is C17H17ClF3N3O2. The SMILES string of the molecule is COC1CCC(Nc2cnn(-c3cccc(C(F)(F)F)c3)c(=O)c2Cl)C1. The molecule has 1 heterocycles. The number of methoxy groups -OCH3 is 1. The van der Waals surface area contributed by atoms with Crippen molar-refractivity contribution in [1.29, 1.82) is 0 Å². The summed E-state index contributed by atoms with van der Waals surface area (Å²) >= 11 is 6.14. The van der Waals surface area contributed by atoms with E-state index in [-0.39, 0.29) is 22.9 Å². The lowest BCUT2D eigenvalue weighted by Gasteiger charge is -2.16. The van der Waals surface area contributed by atoms with Crippen LogP contribution in [-0.2, 0) is 10.9 Å². The van der Waals surface area contributed by atoms with Gasteiger partial charge in [-0.05, 0) is 37.5 Å². The van der Waals surface area contributed by atoms with Crippen LogP contribution in [0.3, 0.4) is 0 Å². The van der Waals surface area contributed by atoms with E-state index in [1.807, 2.05) is 0 Å². The Labute approximate surface area is 152 Å². The predicted octanol–water partition coefficient (Wildman–Crippen LogP) is 3.88. The molecule has 0 spiro atoms. The third-order valence-corrected chi connectivity index (χ3v) is 4.78. The molecule has 1 aromatic heterocycles. The van der Waals surface area contributed by atoms with Crippen LogP contribution in [0, 0.1) is 0 Å². The summed E-state index contributed by atoms with van der Waals surface area (Å²) < 4.78 is 44.7. The van der Waals surface area contributed by atoms with Gasteiger partial charge in [0.2, 0.25) is 0 Å². The van der Waals surface area contributed by atoms with Crippen LogP contribution in [0.2, 0.25) is 5.02 Å². The number of halogens is 4. The lowest BCUT2D eigenvalue weighted by molar-refractivity contribution is -0.137. The van der Waals surface area contributed by atoms with Crippen LogP contribution in [0.4, 0.5) is 18.9 Å². The van der Waals surface area contributed by atoms with Gasteiger partial charge in [0.05, 0.1) is 29.2 Å². The first-order valence-electron chi connectivity index (χ1n) is 8.04. The number of ether oxygens (including phenoxy) is 1. The molecule has 9 heteroatoms. The van der Waals surface area contributed by atoms with Crippen LogP contribution in [0.1, 0.15) is 24.8 Å². The Balaban J connectivity index is 1.88. The number of aromatic nitrogens is 2. The molecule has 2 atom stereocenters. The molecule has 2 aromatic rings. The maximum atomic E-state index is 12.9. The van der Waals surface area contributed by atoms with Crippen molar-refractivity contribution in [2.45, 2.75) is 37.6 Å². The lowest BCUT2D eigenvalue weighted by Crippen LogP contribution is -2.25. The number of nitrogens with zero attached hydrogens (tertiary/aromatic N) is 2. The third-order valence-electron chi connectivity index (χ3n) is 4.41. The molecular weight excluding hydrogens is 371 g/mol. The third kappa shape index (κ3) is 3.86. The minimum atomic E-state index is -4.51. The first-order chi connectivity index (χ1) is 12.3. The smallest absolute Gasteiger partial charge is 0.381 e. The molecule has 3 rings (SSSR count). The van der Waals surface area contributed by atoms with Gasteiger partial charge in [-0.3, -0.25) is 4.79 Å². The van der Waals surface area contributed by atoms with E-state index in [1.165, 1.54) is 18.3 Å². The standard InChI is InChI=1S/C17H17ClF3N3O2/c1-26-13-6-5-11(8-13)23-14-9-22-24(16(25)15(14)18)12-4-2-3-10(7-12)17(19,20)21/h2-4,7,9,11,13,23H,5-6,8H2,1H3. The van der Waals surface area contributed by atoms with E-state index in [0.29, 0.717) is 5.69 Å². The number of benzene rings is 1. The van der Waals surface area contributed by atoms with E-state index in [4.69, 9.17) is 16.3 Å². The Morgan fingerprint density at radius 1 is 1.35 bits per heavy atom. The highest BCUT2D eigenvalue weighted by Gasteiger charge is 2.31. The van der Waals surface area contributed by atoms with Crippen molar-refractivity contribution in [3.05, 3.63) is 51.4 Å². The summed E-state index contributed by atoms with van der Waals surface area (Å²) in [7, 11) is 1.65. The second-order valence-electron chi connectivity index (χ2n) is 6.15. The molecule has 0 amide bonds. The van der Waals surface area contributed by atoms with Crippen molar-refractivity contribution >= 4 is 17.3 Å². The average molecular weight is 388 g/mol. The van der Waals surface area contributed by atoms with Crippen molar-refractivity contribution in [3.8, 4) is 5.69 Å². The fourth-order valence-electron chi connectivity index (χ4n) is 3.04. The van der Waals surface area contributed by atoms with Crippen LogP contribution < -0.4 is 10.9 Å². The molecule has 5 nitrogen and oxygen atoms in total. The Hall–Kier alpha value is -2.06.